The number of nitrogens with one attached hydrogen (secondary N) is 1. The van der Waals surface area contributed by atoms with E-state index in [0.717, 1.165) is 29.9 Å². The fourth-order valence-electron chi connectivity index (χ4n) is 3.43. The molecular formula is C21H22FN5. The number of fused-ring (bicyclic) bond motifs is 1. The summed E-state index contributed by atoms with van der Waals surface area (Å²) in [6.07, 6.45) is 6.49. The van der Waals surface area contributed by atoms with Gasteiger partial charge < -0.3 is 11.1 Å². The second kappa shape index (κ2) is 7.61. The number of nitrogens with two attached hydrogens (primary N) is 1. The van der Waals surface area contributed by atoms with Crippen LogP contribution in [0, 0.1) is 5.82 Å². The molecular weight excluding hydrogens is 341 g/mol. The smallest absolute Gasteiger partial charge is 0.193 e. The molecule has 1 aliphatic rings. The highest BCUT2D eigenvalue weighted by atomic mass is 19.1. The third kappa shape index (κ3) is 4.00. The van der Waals surface area contributed by atoms with E-state index in [9.17, 15) is 4.39 Å². The van der Waals surface area contributed by atoms with Crippen molar-refractivity contribution in [3.8, 4) is 5.69 Å². The van der Waals surface area contributed by atoms with Crippen molar-refractivity contribution in [3.05, 3.63) is 77.4 Å². The molecule has 3 aromatic rings. The minimum atomic E-state index is -0.266. The molecule has 1 aromatic heterocycles. The summed E-state index contributed by atoms with van der Waals surface area (Å²) in [5.74, 6) is 0.114. The molecule has 3 N–H and O–H groups in total. The zero-order valence-corrected chi connectivity index (χ0v) is 15.0. The predicted molar refractivity (Wildman–Crippen MR) is 106 cm³/mol. The first kappa shape index (κ1) is 17.3. The molecule has 0 radical (unpaired) electrons. The molecule has 0 saturated heterocycles. The first-order chi connectivity index (χ1) is 13.2. The lowest BCUT2D eigenvalue weighted by atomic mass is 9.90. The maximum Gasteiger partial charge on any atom is 0.193 e. The van der Waals surface area contributed by atoms with Gasteiger partial charge in [-0.1, -0.05) is 12.1 Å². The van der Waals surface area contributed by atoms with Crippen LogP contribution in [0.5, 0.6) is 0 Å². The zero-order chi connectivity index (χ0) is 18.6. The monoisotopic (exact) mass is 363 g/mol. The molecule has 0 unspecified atom stereocenters. The molecule has 0 aliphatic heterocycles. The highest BCUT2D eigenvalue weighted by Gasteiger charge is 2.13. The fourth-order valence-corrected chi connectivity index (χ4v) is 3.43. The van der Waals surface area contributed by atoms with Crippen molar-refractivity contribution < 1.29 is 4.39 Å². The van der Waals surface area contributed by atoms with Crippen LogP contribution in [-0.4, -0.2) is 15.7 Å². The van der Waals surface area contributed by atoms with Crippen molar-refractivity contribution in [2.45, 2.75) is 32.2 Å². The van der Waals surface area contributed by atoms with Crippen LogP contribution in [0.2, 0.25) is 0 Å². The van der Waals surface area contributed by atoms with E-state index >= 15 is 0 Å². The van der Waals surface area contributed by atoms with Gasteiger partial charge >= 0.3 is 0 Å². The Kier molecular flexibility index (Phi) is 4.87. The molecule has 1 heterocycles. The molecule has 1 aliphatic carbocycles. The molecule has 0 bridgehead atoms. The number of aromatic nitrogens is 2. The number of anilines is 1. The zero-order valence-electron chi connectivity index (χ0n) is 15.0. The van der Waals surface area contributed by atoms with Crippen molar-refractivity contribution in [1.29, 1.82) is 0 Å². The Morgan fingerprint density at radius 3 is 2.78 bits per heavy atom. The summed E-state index contributed by atoms with van der Waals surface area (Å²) in [6, 6.07) is 14.4. The van der Waals surface area contributed by atoms with Gasteiger partial charge in [0, 0.05) is 11.9 Å². The topological polar surface area (TPSA) is 68.2 Å². The average molecular weight is 363 g/mol. The van der Waals surface area contributed by atoms with Crippen molar-refractivity contribution in [2.24, 2.45) is 10.7 Å². The van der Waals surface area contributed by atoms with Crippen LogP contribution >= 0.6 is 0 Å². The van der Waals surface area contributed by atoms with Gasteiger partial charge in [-0.15, -0.1) is 0 Å². The summed E-state index contributed by atoms with van der Waals surface area (Å²) in [4.78, 5) is 4.41. The fraction of sp³-hybridized carbons (Fsp3) is 0.238. The van der Waals surface area contributed by atoms with E-state index in [1.807, 2.05) is 12.3 Å². The molecule has 0 fully saturated rings. The molecule has 0 spiro atoms. The van der Waals surface area contributed by atoms with Gasteiger partial charge in [-0.25, -0.2) is 14.1 Å². The average Bonchev–Trinajstić information content (AvgIpc) is 3.16. The number of halogens is 1. The SMILES string of the molecule is NC(=NCc1ccn(-c2ccc(F)cc2)n1)Nc1cccc2c1CCCC2. The second-order valence-electron chi connectivity index (χ2n) is 6.70. The number of nitrogens with zero attached hydrogens (tertiary/aromatic N) is 3. The van der Waals surface area contributed by atoms with E-state index in [1.165, 1.54) is 36.1 Å². The molecule has 4 rings (SSSR count). The number of rotatable bonds is 4. The van der Waals surface area contributed by atoms with E-state index < -0.39 is 0 Å². The van der Waals surface area contributed by atoms with Gasteiger partial charge in [-0.2, -0.15) is 5.10 Å². The summed E-state index contributed by atoms with van der Waals surface area (Å²) in [7, 11) is 0. The molecule has 5 nitrogen and oxygen atoms in total. The maximum absolute atomic E-state index is 13.0. The quantitative estimate of drug-likeness (QED) is 0.547. The molecule has 27 heavy (non-hydrogen) atoms. The number of benzene rings is 2. The highest BCUT2D eigenvalue weighted by molar-refractivity contribution is 5.93. The Hall–Kier alpha value is -3.15. The third-order valence-electron chi connectivity index (χ3n) is 4.81. The number of guanidine groups is 1. The Balaban J connectivity index is 1.44. The molecule has 0 atom stereocenters. The largest absolute Gasteiger partial charge is 0.370 e. The number of hydrogen-bond donors (Lipinski definition) is 2. The summed E-state index contributed by atoms with van der Waals surface area (Å²) in [5.41, 5.74) is 11.5. The van der Waals surface area contributed by atoms with Gasteiger partial charge in [-0.05, 0) is 73.2 Å². The second-order valence-corrected chi connectivity index (χ2v) is 6.70. The minimum Gasteiger partial charge on any atom is -0.370 e. The van der Waals surface area contributed by atoms with Gasteiger partial charge in [0.15, 0.2) is 5.96 Å². The molecule has 2 aromatic carbocycles. The molecule has 138 valence electrons. The van der Waals surface area contributed by atoms with Crippen LogP contribution in [0.25, 0.3) is 5.69 Å². The van der Waals surface area contributed by atoms with Gasteiger partial charge in [0.1, 0.15) is 5.82 Å². The van der Waals surface area contributed by atoms with E-state index in [4.69, 9.17) is 5.73 Å². The highest BCUT2D eigenvalue weighted by Crippen LogP contribution is 2.27. The normalized spacial score (nSPS) is 14.0. The van der Waals surface area contributed by atoms with Crippen LogP contribution in [0.1, 0.15) is 29.7 Å². The van der Waals surface area contributed by atoms with Crippen LogP contribution < -0.4 is 11.1 Å². The first-order valence-electron chi connectivity index (χ1n) is 9.17. The predicted octanol–water partition coefficient (Wildman–Crippen LogP) is 3.82. The summed E-state index contributed by atoms with van der Waals surface area (Å²) < 4.78 is 14.7. The number of aliphatic imine (C=N–C) groups is 1. The Morgan fingerprint density at radius 2 is 1.93 bits per heavy atom. The number of hydrogen-bond acceptors (Lipinski definition) is 2. The van der Waals surface area contributed by atoms with E-state index in [1.54, 1.807) is 16.8 Å². The van der Waals surface area contributed by atoms with Gasteiger partial charge in [0.25, 0.3) is 0 Å². The Labute approximate surface area is 157 Å². The van der Waals surface area contributed by atoms with Gasteiger partial charge in [0.2, 0.25) is 0 Å². The van der Waals surface area contributed by atoms with Gasteiger partial charge in [-0.3, -0.25) is 0 Å². The minimum absolute atomic E-state index is 0.266. The lowest BCUT2D eigenvalue weighted by Gasteiger charge is -2.19. The van der Waals surface area contributed by atoms with Crippen LogP contribution in [0.4, 0.5) is 10.1 Å². The Bertz CT molecular complexity index is 959. The lowest BCUT2D eigenvalue weighted by Crippen LogP contribution is -2.24. The van der Waals surface area contributed by atoms with Crippen molar-refractivity contribution in [1.82, 2.24) is 9.78 Å². The molecule has 0 saturated carbocycles. The van der Waals surface area contributed by atoms with Crippen molar-refractivity contribution in [3.63, 3.8) is 0 Å². The Morgan fingerprint density at radius 1 is 1.11 bits per heavy atom. The summed E-state index contributed by atoms with van der Waals surface area (Å²) >= 11 is 0. The molecule has 0 amide bonds. The lowest BCUT2D eigenvalue weighted by molar-refractivity contribution is 0.627. The standard InChI is InChI=1S/C21H22FN5/c22-16-8-10-18(11-9-16)27-13-12-17(26-27)14-24-21(23)25-20-7-3-5-15-4-1-2-6-19(15)20/h3,5,7-13H,1-2,4,6,14H2,(H3,23,24,25). The molecule has 6 heteroatoms. The van der Waals surface area contributed by atoms with Crippen LogP contribution in [0.3, 0.4) is 0 Å². The third-order valence-corrected chi connectivity index (χ3v) is 4.81. The number of aryl methyl sites for hydroxylation is 1. The van der Waals surface area contributed by atoms with Gasteiger partial charge in [0.05, 0.1) is 17.9 Å². The van der Waals surface area contributed by atoms with Crippen LogP contribution in [-0.2, 0) is 19.4 Å². The maximum atomic E-state index is 13.0. The van der Waals surface area contributed by atoms with Crippen molar-refractivity contribution >= 4 is 11.6 Å². The van der Waals surface area contributed by atoms with E-state index in [-0.39, 0.29) is 5.82 Å². The summed E-state index contributed by atoms with van der Waals surface area (Å²) in [5, 5.41) is 7.70. The van der Waals surface area contributed by atoms with E-state index in [0.29, 0.717) is 12.5 Å². The first-order valence-corrected chi connectivity index (χ1v) is 9.17. The van der Waals surface area contributed by atoms with Crippen molar-refractivity contribution in [2.75, 3.05) is 5.32 Å². The van der Waals surface area contributed by atoms with E-state index in [2.05, 4.69) is 33.6 Å². The van der Waals surface area contributed by atoms with Crippen LogP contribution in [0.15, 0.2) is 59.7 Å². The summed E-state index contributed by atoms with van der Waals surface area (Å²) in [6.45, 7) is 0.377.